The number of ether oxygens (including phenoxy) is 1. The first kappa shape index (κ1) is 14.6. The van der Waals surface area contributed by atoms with Gasteiger partial charge in [0.1, 0.15) is 13.2 Å². The second kappa shape index (κ2) is 5.32. The van der Waals surface area contributed by atoms with Crippen molar-refractivity contribution in [3.8, 4) is 0 Å². The molecule has 1 amide bonds. The number of benzene rings is 1. The fourth-order valence-electron chi connectivity index (χ4n) is 2.17. The summed E-state index contributed by atoms with van der Waals surface area (Å²) in [5, 5.41) is 0. The van der Waals surface area contributed by atoms with E-state index in [1.54, 1.807) is 6.07 Å². The molecule has 1 aromatic carbocycles. The van der Waals surface area contributed by atoms with Gasteiger partial charge in [-0.05, 0) is 30.5 Å². The highest BCUT2D eigenvalue weighted by atomic mass is 19.4. The number of alkyl halides is 3. The van der Waals surface area contributed by atoms with E-state index >= 15 is 0 Å². The Morgan fingerprint density at radius 3 is 2.80 bits per heavy atom. The van der Waals surface area contributed by atoms with Crippen LogP contribution in [0.2, 0.25) is 0 Å². The summed E-state index contributed by atoms with van der Waals surface area (Å²) in [5.74, 6) is -0.490. The van der Waals surface area contributed by atoms with E-state index in [9.17, 15) is 18.0 Å². The van der Waals surface area contributed by atoms with Crippen molar-refractivity contribution in [3.05, 3.63) is 23.3 Å². The second-order valence-electron chi connectivity index (χ2n) is 4.74. The van der Waals surface area contributed by atoms with E-state index in [2.05, 4.69) is 4.74 Å². The summed E-state index contributed by atoms with van der Waals surface area (Å²) in [4.78, 5) is 13.3. The molecule has 1 aromatic rings. The van der Waals surface area contributed by atoms with Crippen molar-refractivity contribution < 1.29 is 22.7 Å². The van der Waals surface area contributed by atoms with E-state index in [0.717, 1.165) is 11.1 Å². The maximum Gasteiger partial charge on any atom is 0.411 e. The van der Waals surface area contributed by atoms with Crippen molar-refractivity contribution in [3.63, 3.8) is 0 Å². The van der Waals surface area contributed by atoms with Gasteiger partial charge in [-0.3, -0.25) is 4.79 Å². The van der Waals surface area contributed by atoms with Crippen LogP contribution in [-0.2, 0) is 16.0 Å². The quantitative estimate of drug-likeness (QED) is 0.866. The molecular formula is C13H15F3N2O2. The van der Waals surface area contributed by atoms with Gasteiger partial charge in [0.05, 0.1) is 0 Å². The zero-order valence-electron chi connectivity index (χ0n) is 11.0. The van der Waals surface area contributed by atoms with Gasteiger partial charge < -0.3 is 15.4 Å². The smallest absolute Gasteiger partial charge is 0.398 e. The molecule has 0 unspecified atom stereocenters. The van der Waals surface area contributed by atoms with Gasteiger partial charge in [0.2, 0.25) is 0 Å². The first-order chi connectivity index (χ1) is 9.28. The molecule has 0 radical (unpaired) electrons. The topological polar surface area (TPSA) is 55.6 Å². The number of nitrogen functional groups attached to an aromatic ring is 1. The normalized spacial score (nSPS) is 14.5. The highest BCUT2D eigenvalue weighted by Crippen LogP contribution is 2.32. The van der Waals surface area contributed by atoms with E-state index in [0.29, 0.717) is 24.3 Å². The number of carbonyl (C=O) groups is 1. The third-order valence-electron chi connectivity index (χ3n) is 3.16. The van der Waals surface area contributed by atoms with Crippen molar-refractivity contribution >= 4 is 17.3 Å². The van der Waals surface area contributed by atoms with Crippen LogP contribution < -0.4 is 10.6 Å². The van der Waals surface area contributed by atoms with E-state index < -0.39 is 25.3 Å². The molecule has 0 atom stereocenters. The molecule has 1 heterocycles. The average molecular weight is 288 g/mol. The zero-order valence-corrected chi connectivity index (χ0v) is 11.0. The lowest BCUT2D eigenvalue weighted by molar-refractivity contribution is -0.175. The van der Waals surface area contributed by atoms with Crippen LogP contribution in [-0.4, -0.2) is 31.8 Å². The predicted octanol–water partition coefficient (Wildman–Crippen LogP) is 2.05. The highest BCUT2D eigenvalue weighted by molar-refractivity contribution is 5.97. The summed E-state index contributed by atoms with van der Waals surface area (Å²) in [6, 6.07) is 3.58. The minimum absolute atomic E-state index is 0.437. The van der Waals surface area contributed by atoms with Crippen molar-refractivity contribution in [1.82, 2.24) is 0 Å². The van der Waals surface area contributed by atoms with Crippen LogP contribution in [0.25, 0.3) is 0 Å². The molecule has 1 aliphatic heterocycles. The van der Waals surface area contributed by atoms with E-state index in [1.807, 2.05) is 13.0 Å². The molecule has 1 aliphatic rings. The standard InChI is InChI=1S/C13H15F3N2O2/c1-8-4-9-2-3-18(11(9)5-10(8)17)12(19)6-20-7-13(14,15)16/h4-5H,2-3,6-7,17H2,1H3. The van der Waals surface area contributed by atoms with E-state index in [-0.39, 0.29) is 0 Å². The van der Waals surface area contributed by atoms with Gasteiger partial charge in [-0.15, -0.1) is 0 Å². The Labute approximate surface area is 114 Å². The first-order valence-corrected chi connectivity index (χ1v) is 6.12. The average Bonchev–Trinajstić information content (AvgIpc) is 2.71. The van der Waals surface area contributed by atoms with Crippen molar-refractivity contribution in [1.29, 1.82) is 0 Å². The van der Waals surface area contributed by atoms with Crippen molar-refractivity contribution in [2.24, 2.45) is 0 Å². The Kier molecular flexibility index (Phi) is 3.89. The molecule has 0 aromatic heterocycles. The van der Waals surface area contributed by atoms with Crippen molar-refractivity contribution in [2.75, 3.05) is 30.4 Å². The Morgan fingerprint density at radius 1 is 1.45 bits per heavy atom. The summed E-state index contributed by atoms with van der Waals surface area (Å²) in [7, 11) is 0. The molecule has 4 nitrogen and oxygen atoms in total. The number of nitrogens with two attached hydrogens (primary N) is 1. The number of fused-ring (bicyclic) bond motifs is 1. The van der Waals surface area contributed by atoms with Gasteiger partial charge >= 0.3 is 6.18 Å². The van der Waals surface area contributed by atoms with Gasteiger partial charge in [0.25, 0.3) is 5.91 Å². The van der Waals surface area contributed by atoms with E-state index in [1.165, 1.54) is 4.90 Å². The third kappa shape index (κ3) is 3.22. The highest BCUT2D eigenvalue weighted by Gasteiger charge is 2.30. The minimum atomic E-state index is -4.43. The Morgan fingerprint density at radius 2 is 2.15 bits per heavy atom. The maximum absolute atomic E-state index is 12.0. The molecule has 2 N–H and O–H groups in total. The molecular weight excluding hydrogens is 273 g/mol. The Bertz CT molecular complexity index is 529. The number of carbonyl (C=O) groups excluding carboxylic acids is 1. The second-order valence-corrected chi connectivity index (χ2v) is 4.74. The molecule has 20 heavy (non-hydrogen) atoms. The lowest BCUT2D eigenvalue weighted by atomic mass is 10.1. The van der Waals surface area contributed by atoms with Crippen LogP contribution in [0.5, 0.6) is 0 Å². The summed E-state index contributed by atoms with van der Waals surface area (Å²) in [6.45, 7) is 0.293. The van der Waals surface area contributed by atoms with Gasteiger partial charge in [-0.25, -0.2) is 0 Å². The molecule has 110 valence electrons. The number of hydrogen-bond acceptors (Lipinski definition) is 3. The van der Waals surface area contributed by atoms with Crippen LogP contribution in [0, 0.1) is 6.92 Å². The van der Waals surface area contributed by atoms with Crippen LogP contribution in [0.1, 0.15) is 11.1 Å². The fourth-order valence-corrected chi connectivity index (χ4v) is 2.17. The monoisotopic (exact) mass is 288 g/mol. The van der Waals surface area contributed by atoms with Crippen LogP contribution in [0.3, 0.4) is 0 Å². The van der Waals surface area contributed by atoms with Crippen molar-refractivity contribution in [2.45, 2.75) is 19.5 Å². The maximum atomic E-state index is 12.0. The number of aryl methyl sites for hydroxylation is 1. The van der Waals surface area contributed by atoms with Gasteiger partial charge in [-0.2, -0.15) is 13.2 Å². The van der Waals surface area contributed by atoms with Crippen LogP contribution in [0.4, 0.5) is 24.5 Å². The summed E-state index contributed by atoms with van der Waals surface area (Å²) in [6.07, 6.45) is -3.76. The molecule has 7 heteroatoms. The molecule has 2 rings (SSSR count). The number of amides is 1. The van der Waals surface area contributed by atoms with Gasteiger partial charge in [0, 0.05) is 17.9 Å². The molecule has 0 saturated carbocycles. The Hall–Kier alpha value is -1.76. The summed E-state index contributed by atoms with van der Waals surface area (Å²) in [5.41, 5.74) is 8.91. The largest absolute Gasteiger partial charge is 0.411 e. The number of hydrogen-bond donors (Lipinski definition) is 1. The van der Waals surface area contributed by atoms with Crippen LogP contribution in [0.15, 0.2) is 12.1 Å². The first-order valence-electron chi connectivity index (χ1n) is 6.12. The van der Waals surface area contributed by atoms with E-state index in [4.69, 9.17) is 5.73 Å². The number of nitrogens with zero attached hydrogens (tertiary/aromatic N) is 1. The minimum Gasteiger partial charge on any atom is -0.398 e. The fraction of sp³-hybridized carbons (Fsp3) is 0.462. The zero-order chi connectivity index (χ0) is 14.9. The predicted molar refractivity (Wildman–Crippen MR) is 68.5 cm³/mol. The van der Waals surface area contributed by atoms with Gasteiger partial charge in [-0.1, -0.05) is 6.07 Å². The Balaban J connectivity index is 2.02. The number of halogens is 3. The number of anilines is 2. The van der Waals surface area contributed by atoms with Crippen LogP contribution >= 0.6 is 0 Å². The third-order valence-corrected chi connectivity index (χ3v) is 3.16. The number of rotatable bonds is 3. The van der Waals surface area contributed by atoms with Gasteiger partial charge in [0.15, 0.2) is 0 Å². The summed E-state index contributed by atoms with van der Waals surface area (Å²) >= 11 is 0. The molecule has 0 bridgehead atoms. The SMILES string of the molecule is Cc1cc2c(cc1N)N(C(=O)COCC(F)(F)F)CC2. The molecule has 0 fully saturated rings. The molecule has 0 aliphatic carbocycles. The lowest BCUT2D eigenvalue weighted by Gasteiger charge is -2.18. The summed E-state index contributed by atoms with van der Waals surface area (Å²) < 4.78 is 40.3. The molecule has 0 spiro atoms. The molecule has 0 saturated heterocycles. The lowest BCUT2D eigenvalue weighted by Crippen LogP contribution is -2.33.